The molecule has 6 heteroatoms. The smallest absolute Gasteiger partial charge is 0.310 e. The van der Waals surface area contributed by atoms with Crippen molar-refractivity contribution in [2.75, 3.05) is 19.7 Å². The molecule has 0 unspecified atom stereocenters. The van der Waals surface area contributed by atoms with Crippen molar-refractivity contribution < 1.29 is 14.1 Å². The average molecular weight is 281 g/mol. The Hall–Kier alpha value is -1.43. The van der Waals surface area contributed by atoms with E-state index in [1.165, 1.54) is 0 Å². The van der Waals surface area contributed by atoms with Crippen molar-refractivity contribution in [3.8, 4) is 0 Å². The Morgan fingerprint density at radius 3 is 3.10 bits per heavy atom. The minimum absolute atomic E-state index is 0.0262. The van der Waals surface area contributed by atoms with Crippen LogP contribution in [0.1, 0.15) is 44.8 Å². The molecule has 112 valence electrons. The molecular weight excluding hydrogens is 258 g/mol. The quantitative estimate of drug-likeness (QED) is 0.741. The Bertz CT molecular complexity index is 433. The summed E-state index contributed by atoms with van der Waals surface area (Å²) < 4.78 is 10.3. The SMILES string of the molecule is CCCc1noc(CN2CCC[C@@H](C(=O)OCC)C2)n1. The van der Waals surface area contributed by atoms with Crippen molar-refractivity contribution in [2.24, 2.45) is 5.92 Å². The third kappa shape index (κ3) is 4.03. The van der Waals surface area contributed by atoms with Crippen molar-refractivity contribution in [3.63, 3.8) is 0 Å². The predicted octanol–water partition coefficient (Wildman–Crippen LogP) is 1.80. The van der Waals surface area contributed by atoms with Crippen LogP contribution in [-0.2, 0) is 22.5 Å². The molecule has 0 aromatic carbocycles. The van der Waals surface area contributed by atoms with E-state index in [-0.39, 0.29) is 11.9 Å². The van der Waals surface area contributed by atoms with Gasteiger partial charge in [-0.1, -0.05) is 12.1 Å². The van der Waals surface area contributed by atoms with Crippen molar-refractivity contribution in [1.82, 2.24) is 15.0 Å². The molecule has 1 aliphatic heterocycles. The molecule has 1 aromatic rings. The van der Waals surface area contributed by atoms with E-state index in [4.69, 9.17) is 9.26 Å². The van der Waals surface area contributed by atoms with Crippen LogP contribution in [0.15, 0.2) is 4.52 Å². The van der Waals surface area contributed by atoms with Crippen LogP contribution in [0.25, 0.3) is 0 Å². The van der Waals surface area contributed by atoms with Gasteiger partial charge in [-0.15, -0.1) is 0 Å². The summed E-state index contributed by atoms with van der Waals surface area (Å²) in [4.78, 5) is 18.3. The lowest BCUT2D eigenvalue weighted by molar-refractivity contribution is -0.150. The number of ether oxygens (including phenoxy) is 1. The maximum absolute atomic E-state index is 11.8. The van der Waals surface area contributed by atoms with Crippen molar-refractivity contribution in [3.05, 3.63) is 11.7 Å². The highest BCUT2D eigenvalue weighted by Gasteiger charge is 2.27. The van der Waals surface area contributed by atoms with Gasteiger partial charge in [0.25, 0.3) is 0 Å². The van der Waals surface area contributed by atoms with Crippen LogP contribution in [-0.4, -0.2) is 40.7 Å². The first kappa shape index (κ1) is 15.0. The number of rotatable bonds is 6. The molecule has 0 aliphatic carbocycles. The van der Waals surface area contributed by atoms with Crippen LogP contribution in [0, 0.1) is 5.92 Å². The van der Waals surface area contributed by atoms with Crippen LogP contribution in [0.4, 0.5) is 0 Å². The van der Waals surface area contributed by atoms with Gasteiger partial charge >= 0.3 is 5.97 Å². The van der Waals surface area contributed by atoms with Crippen molar-refractivity contribution >= 4 is 5.97 Å². The molecule has 0 spiro atoms. The average Bonchev–Trinajstić information content (AvgIpc) is 2.87. The van der Waals surface area contributed by atoms with E-state index in [1.807, 2.05) is 6.92 Å². The van der Waals surface area contributed by atoms with E-state index in [9.17, 15) is 4.79 Å². The number of aromatic nitrogens is 2. The summed E-state index contributed by atoms with van der Waals surface area (Å²) in [6.07, 6.45) is 3.75. The topological polar surface area (TPSA) is 68.5 Å². The molecule has 20 heavy (non-hydrogen) atoms. The number of aryl methyl sites for hydroxylation is 1. The number of nitrogens with zero attached hydrogens (tertiary/aromatic N) is 3. The fraction of sp³-hybridized carbons (Fsp3) is 0.786. The fourth-order valence-corrected chi connectivity index (χ4v) is 2.52. The van der Waals surface area contributed by atoms with E-state index in [0.717, 1.165) is 38.1 Å². The monoisotopic (exact) mass is 281 g/mol. The zero-order chi connectivity index (χ0) is 14.4. The maximum atomic E-state index is 11.8. The van der Waals surface area contributed by atoms with Gasteiger partial charge < -0.3 is 9.26 Å². The second-order valence-corrected chi connectivity index (χ2v) is 5.18. The van der Waals surface area contributed by atoms with E-state index < -0.39 is 0 Å². The maximum Gasteiger partial charge on any atom is 0.310 e. The highest BCUT2D eigenvalue weighted by atomic mass is 16.5. The first-order chi connectivity index (χ1) is 9.72. The molecular formula is C14H23N3O3. The minimum Gasteiger partial charge on any atom is -0.466 e. The van der Waals surface area contributed by atoms with Gasteiger partial charge in [-0.05, 0) is 32.7 Å². The molecule has 0 bridgehead atoms. The van der Waals surface area contributed by atoms with Gasteiger partial charge in [0.05, 0.1) is 19.1 Å². The number of hydrogen-bond acceptors (Lipinski definition) is 6. The van der Waals surface area contributed by atoms with Crippen LogP contribution in [0.2, 0.25) is 0 Å². The summed E-state index contributed by atoms with van der Waals surface area (Å²) in [7, 11) is 0. The molecule has 0 saturated carbocycles. The largest absolute Gasteiger partial charge is 0.466 e. The Morgan fingerprint density at radius 1 is 1.50 bits per heavy atom. The van der Waals surface area contributed by atoms with E-state index in [0.29, 0.717) is 25.6 Å². The van der Waals surface area contributed by atoms with Crippen LogP contribution < -0.4 is 0 Å². The Labute approximate surface area is 119 Å². The highest BCUT2D eigenvalue weighted by molar-refractivity contribution is 5.72. The molecule has 1 saturated heterocycles. The van der Waals surface area contributed by atoms with Crippen LogP contribution in [0.5, 0.6) is 0 Å². The van der Waals surface area contributed by atoms with Crippen LogP contribution >= 0.6 is 0 Å². The third-order valence-corrected chi connectivity index (χ3v) is 3.47. The number of likely N-dealkylation sites (tertiary alicyclic amines) is 1. The van der Waals surface area contributed by atoms with Crippen molar-refractivity contribution in [1.29, 1.82) is 0 Å². The first-order valence-electron chi connectivity index (χ1n) is 7.43. The lowest BCUT2D eigenvalue weighted by Crippen LogP contribution is -2.39. The minimum atomic E-state index is -0.0885. The predicted molar refractivity (Wildman–Crippen MR) is 72.9 cm³/mol. The molecule has 2 rings (SSSR count). The molecule has 6 nitrogen and oxygen atoms in total. The van der Waals surface area contributed by atoms with Crippen LogP contribution in [0.3, 0.4) is 0 Å². The summed E-state index contributed by atoms with van der Waals surface area (Å²) in [6.45, 7) is 6.66. The van der Waals surface area contributed by atoms with Crippen molar-refractivity contribution in [2.45, 2.75) is 46.1 Å². The molecule has 0 N–H and O–H groups in total. The molecule has 0 radical (unpaired) electrons. The van der Waals surface area contributed by atoms with Gasteiger partial charge in [0, 0.05) is 13.0 Å². The summed E-state index contributed by atoms with van der Waals surface area (Å²) in [6, 6.07) is 0. The zero-order valence-corrected chi connectivity index (χ0v) is 12.3. The standard InChI is InChI=1S/C14H23N3O3/c1-3-6-12-15-13(20-16-12)10-17-8-5-7-11(9-17)14(18)19-4-2/h11H,3-10H2,1-2H3/t11-/m1/s1. The molecule has 0 amide bonds. The number of piperidine rings is 1. The van der Waals surface area contributed by atoms with Gasteiger partial charge in [-0.2, -0.15) is 4.98 Å². The summed E-state index contributed by atoms with van der Waals surface area (Å²) in [5, 5.41) is 3.95. The van der Waals surface area contributed by atoms with Gasteiger partial charge in [0.1, 0.15) is 0 Å². The number of carbonyl (C=O) groups excluding carboxylic acids is 1. The number of esters is 1. The fourth-order valence-electron chi connectivity index (χ4n) is 2.52. The van der Waals surface area contributed by atoms with Gasteiger partial charge in [0.2, 0.25) is 5.89 Å². The van der Waals surface area contributed by atoms with E-state index >= 15 is 0 Å². The highest BCUT2D eigenvalue weighted by Crippen LogP contribution is 2.19. The van der Waals surface area contributed by atoms with E-state index in [2.05, 4.69) is 22.0 Å². The molecule has 1 atom stereocenters. The Kier molecular flexibility index (Phi) is 5.52. The molecule has 1 fully saturated rings. The lowest BCUT2D eigenvalue weighted by atomic mass is 9.98. The zero-order valence-electron chi connectivity index (χ0n) is 12.3. The molecule has 1 aromatic heterocycles. The van der Waals surface area contributed by atoms with Gasteiger partial charge in [-0.3, -0.25) is 9.69 Å². The van der Waals surface area contributed by atoms with Gasteiger partial charge in [-0.25, -0.2) is 0 Å². The lowest BCUT2D eigenvalue weighted by Gasteiger charge is -2.30. The summed E-state index contributed by atoms with van der Waals surface area (Å²) in [5.41, 5.74) is 0. The van der Waals surface area contributed by atoms with E-state index in [1.54, 1.807) is 0 Å². The van der Waals surface area contributed by atoms with Gasteiger partial charge in [0.15, 0.2) is 5.82 Å². The third-order valence-electron chi connectivity index (χ3n) is 3.47. The Morgan fingerprint density at radius 2 is 2.35 bits per heavy atom. The second kappa shape index (κ2) is 7.38. The second-order valence-electron chi connectivity index (χ2n) is 5.18. The molecule has 2 heterocycles. The summed E-state index contributed by atoms with van der Waals surface area (Å²) in [5.74, 6) is 1.29. The normalized spacial score (nSPS) is 20.0. The number of hydrogen-bond donors (Lipinski definition) is 0. The number of carbonyl (C=O) groups is 1. The molecule has 1 aliphatic rings. The summed E-state index contributed by atoms with van der Waals surface area (Å²) >= 11 is 0. The Balaban J connectivity index is 1.87. The first-order valence-corrected chi connectivity index (χ1v) is 7.43.